The number of unbranched alkanes of at least 4 members (excludes halogenated alkanes) is 1. The summed E-state index contributed by atoms with van der Waals surface area (Å²) in [6.07, 6.45) is 2.40. The third kappa shape index (κ3) is 16.2. The summed E-state index contributed by atoms with van der Waals surface area (Å²) >= 11 is 10.3. The van der Waals surface area contributed by atoms with Crippen LogP contribution in [0, 0.1) is 6.92 Å². The van der Waals surface area contributed by atoms with Crippen molar-refractivity contribution in [1.82, 2.24) is 13.7 Å². The number of aromatic nitrogens is 3. The van der Waals surface area contributed by atoms with Crippen LogP contribution in [0.25, 0.3) is 82.5 Å². The zero-order valence-corrected chi connectivity index (χ0v) is 63.6. The molecule has 0 N–H and O–H groups in total. The minimum atomic E-state index is -0.523. The van der Waals surface area contributed by atoms with Gasteiger partial charge in [-0.3, -0.25) is 0 Å². The molecule has 0 saturated carbocycles. The Morgan fingerprint density at radius 1 is 0.418 bits per heavy atom. The quantitative estimate of drug-likeness (QED) is 0.0920. The first kappa shape index (κ1) is 76.3. The van der Waals surface area contributed by atoms with Crippen molar-refractivity contribution < 1.29 is 51.4 Å². The fourth-order valence-corrected chi connectivity index (χ4v) is 12.4. The minimum absolute atomic E-state index is 0. The van der Waals surface area contributed by atoms with Crippen LogP contribution in [-0.2, 0) is 32.6 Å². The Morgan fingerprint density at radius 3 is 0.949 bits per heavy atom. The van der Waals surface area contributed by atoms with Crippen LogP contribution in [0.2, 0.25) is 0 Å². The van der Waals surface area contributed by atoms with Crippen molar-refractivity contribution in [2.75, 3.05) is 0 Å². The van der Waals surface area contributed by atoms with Crippen molar-refractivity contribution in [3.63, 3.8) is 0 Å². The van der Waals surface area contributed by atoms with Gasteiger partial charge in [0.05, 0.1) is 66.7 Å². The fourth-order valence-electron chi connectivity index (χ4n) is 11.8. The standard InChI is InChI=1S/C24H23BBrNO2.C24H24BNO2.C18H12BrN.C9H19BO3.C4H9.BHNS.Li/c1-23(2)24(3,4)29-25(28-23)16-9-12-18(13-10-16)27-21-8-6-5-7-19(21)20-15-17(26)11-14-22(20)27;1-23(2)24(3,4)28-25(27-23)17-13-15-18(16-14-17)26-21-11-7-5-9-19(21)20-10-6-8-12-22(20)26;19-13-9-11-14(12-10-13)20-17-7-3-1-5-15(17)16-6-2-4-8-18(16)20;1-7(2)11-10-12-8(3,4)9(5,6)13-10;1-3-4-2;1-2-3;/h5-15H,1-4H3;5-16H,1-4H3;1-12H;7H,1-6H3;1,3-4H2,2H3;3H;/q;;;;-1;;+1. The zero-order valence-electron chi connectivity index (χ0n) is 59.6. The second-order valence-corrected chi connectivity index (χ2v) is 29.9. The summed E-state index contributed by atoms with van der Waals surface area (Å²) in [6, 6.07) is 74.7. The topological polar surface area (TPSA) is 91.8 Å². The third-order valence-corrected chi connectivity index (χ3v) is 20.2. The summed E-state index contributed by atoms with van der Waals surface area (Å²) in [5.74, 6) is 0. The molecule has 3 fully saturated rings. The van der Waals surface area contributed by atoms with Gasteiger partial charge in [0, 0.05) is 64.4 Å². The fraction of sp³-hybridized carbons (Fsp3) is 0.304. The molecule has 9 aromatic carbocycles. The van der Waals surface area contributed by atoms with Crippen LogP contribution in [0.4, 0.5) is 0 Å². The summed E-state index contributed by atoms with van der Waals surface area (Å²) in [5, 5.41) is 7.63. The van der Waals surface area contributed by atoms with E-state index in [1.54, 1.807) is 0 Å². The molecule has 12 aromatic rings. The zero-order chi connectivity index (χ0) is 69.8. The smallest absolute Gasteiger partial charge is 0.343 e. The second kappa shape index (κ2) is 31.5. The van der Waals surface area contributed by atoms with Crippen molar-refractivity contribution >= 4 is 150 Å². The van der Waals surface area contributed by atoms with Crippen molar-refractivity contribution in [2.24, 2.45) is 4.30 Å². The van der Waals surface area contributed by atoms with Crippen LogP contribution in [0.3, 0.4) is 0 Å². The molecule has 0 amide bonds. The molecule has 0 unspecified atom stereocenters. The van der Waals surface area contributed by atoms with E-state index in [0.29, 0.717) is 0 Å². The van der Waals surface area contributed by atoms with E-state index in [4.69, 9.17) is 32.6 Å². The van der Waals surface area contributed by atoms with Gasteiger partial charge in [-0.15, -0.1) is 0 Å². The molecule has 0 atom stereocenters. The van der Waals surface area contributed by atoms with Crippen molar-refractivity contribution in [3.05, 3.63) is 228 Å². The number of para-hydroxylation sites is 5. The average molecular weight is 1450 g/mol. The first-order valence-corrected chi connectivity index (χ1v) is 35.2. The second-order valence-electron chi connectivity index (χ2n) is 27.8. The molecule has 1 radical (unpaired) electrons. The Kier molecular flexibility index (Phi) is 24.5. The van der Waals surface area contributed by atoms with Crippen LogP contribution < -0.4 is 29.8 Å². The van der Waals surface area contributed by atoms with Gasteiger partial charge >= 0.3 is 65.2 Å². The Bertz CT molecular complexity index is 4540. The number of rotatable bonds is 8. The average Bonchev–Trinajstić information content (AvgIpc) is 1.60. The van der Waals surface area contributed by atoms with Crippen molar-refractivity contribution in [3.8, 4) is 17.1 Å². The van der Waals surface area contributed by atoms with Gasteiger partial charge in [-0.2, -0.15) is 6.42 Å². The van der Waals surface area contributed by atoms with Crippen LogP contribution in [0.1, 0.15) is 117 Å². The number of benzene rings is 9. The van der Waals surface area contributed by atoms with E-state index in [2.05, 4.69) is 352 Å². The Balaban J connectivity index is 0.000000152. The van der Waals surface area contributed by atoms with Crippen LogP contribution in [0.5, 0.6) is 0 Å². The Labute approximate surface area is 616 Å². The molecule has 3 aromatic heterocycles. The van der Waals surface area contributed by atoms with Crippen molar-refractivity contribution in [1.29, 1.82) is 0 Å². The maximum atomic E-state index is 6.20. The number of thiol groups is 1. The minimum Gasteiger partial charge on any atom is -0.343 e. The molecule has 3 aliphatic heterocycles. The van der Waals surface area contributed by atoms with Gasteiger partial charge in [0.15, 0.2) is 0 Å². The summed E-state index contributed by atoms with van der Waals surface area (Å²) in [7, 11) is 3.13. The van der Waals surface area contributed by atoms with Crippen LogP contribution in [-0.4, -0.2) is 82.6 Å². The molecular formula is C79H88B4Br2LiN4O7S. The van der Waals surface area contributed by atoms with Gasteiger partial charge in [-0.1, -0.05) is 160 Å². The van der Waals surface area contributed by atoms with E-state index in [9.17, 15) is 0 Å². The van der Waals surface area contributed by atoms with E-state index in [0.717, 1.165) is 37.7 Å². The maximum Gasteiger partial charge on any atom is 1.00 e. The molecular weight excluding hydrogens is 1360 g/mol. The summed E-state index contributed by atoms with van der Waals surface area (Å²) in [6.45, 7) is 34.3. The third-order valence-electron chi connectivity index (χ3n) is 19.2. The first-order chi connectivity index (χ1) is 46.1. The van der Waals surface area contributed by atoms with Gasteiger partial charge in [-0.05, 0) is 205 Å². The van der Waals surface area contributed by atoms with Gasteiger partial charge in [0.2, 0.25) is 0 Å². The molecule has 15 rings (SSSR count). The molecule has 0 bridgehead atoms. The number of fused-ring (bicyclic) bond motifs is 9. The summed E-state index contributed by atoms with van der Waals surface area (Å²) in [4.78, 5) is 0. The molecule has 3 saturated heterocycles. The monoisotopic (exact) mass is 1450 g/mol. The predicted molar refractivity (Wildman–Crippen MR) is 419 cm³/mol. The van der Waals surface area contributed by atoms with Crippen molar-refractivity contribution in [2.45, 2.75) is 156 Å². The van der Waals surface area contributed by atoms with E-state index < -0.39 is 7.32 Å². The summed E-state index contributed by atoms with van der Waals surface area (Å²) < 4.78 is 53.3. The molecule has 98 heavy (non-hydrogen) atoms. The van der Waals surface area contributed by atoms with Gasteiger partial charge < -0.3 is 53.2 Å². The molecule has 499 valence electrons. The largest absolute Gasteiger partial charge is 1.00 e. The molecule has 0 spiro atoms. The molecule has 19 heteroatoms. The predicted octanol–water partition coefficient (Wildman–Crippen LogP) is 17.3. The Hall–Kier alpha value is -5.93. The first-order valence-electron chi connectivity index (χ1n) is 33.2. The van der Waals surface area contributed by atoms with E-state index in [1.807, 2.05) is 41.5 Å². The normalized spacial score (nSPS) is 16.7. The van der Waals surface area contributed by atoms with Crippen LogP contribution in [0.15, 0.2) is 226 Å². The molecule has 11 nitrogen and oxygen atoms in total. The van der Waals surface area contributed by atoms with Gasteiger partial charge in [0.25, 0.3) is 0 Å². The van der Waals surface area contributed by atoms with Crippen LogP contribution >= 0.6 is 44.7 Å². The molecule has 3 aliphatic rings. The molecule has 0 aliphatic carbocycles. The van der Waals surface area contributed by atoms with E-state index in [1.165, 1.54) is 77.5 Å². The number of hydrogen-bond acceptors (Lipinski definition) is 9. The number of nitrogens with zero attached hydrogens (tertiary/aromatic N) is 4. The maximum absolute atomic E-state index is 6.20. The Morgan fingerprint density at radius 2 is 0.663 bits per heavy atom. The van der Waals surface area contributed by atoms with Gasteiger partial charge in [-0.25, -0.2) is 0 Å². The number of hydrogen-bond donors (Lipinski definition) is 1. The van der Waals surface area contributed by atoms with Gasteiger partial charge in [0.1, 0.15) is 0 Å². The molecule has 6 heterocycles. The van der Waals surface area contributed by atoms with E-state index in [-0.39, 0.29) is 72.8 Å². The SMILES string of the molecule is Brc1ccc(-n2c3ccccc3c3ccccc32)cc1.CC(C)OB1OC(C)(C)C(C)(C)O1.CC1(C)OB(c2ccc(-n3c4ccccc4c4cc(Br)ccc43)cc2)OC1(C)C.CC1(C)OB(c2ccc(-n3c4ccccc4c4ccccc43)cc2)OC1(C)C.[B]=NS.[CH2-]CCC.[Li+]. The number of halogens is 2. The van der Waals surface area contributed by atoms with E-state index >= 15 is 0 Å². The summed E-state index contributed by atoms with van der Waals surface area (Å²) in [5.41, 5.74) is 10.9.